The van der Waals surface area contributed by atoms with Gasteiger partial charge in [-0.2, -0.15) is 5.10 Å². The highest BCUT2D eigenvalue weighted by molar-refractivity contribution is 5.42. The van der Waals surface area contributed by atoms with Crippen LogP contribution in [0.2, 0.25) is 0 Å². The second-order valence-electron chi connectivity index (χ2n) is 8.02. The summed E-state index contributed by atoms with van der Waals surface area (Å²) in [5, 5.41) is 8.44. The van der Waals surface area contributed by atoms with Crippen LogP contribution in [-0.2, 0) is 4.74 Å². The third-order valence-corrected chi connectivity index (χ3v) is 6.09. The zero-order valence-corrected chi connectivity index (χ0v) is 15.7. The zero-order chi connectivity index (χ0) is 17.4. The van der Waals surface area contributed by atoms with Crippen LogP contribution in [0, 0.1) is 13.8 Å². The molecule has 1 saturated carbocycles. The summed E-state index contributed by atoms with van der Waals surface area (Å²) in [6.45, 7) is 7.29. The van der Waals surface area contributed by atoms with Gasteiger partial charge < -0.3 is 10.1 Å². The van der Waals surface area contributed by atoms with Gasteiger partial charge in [0.2, 0.25) is 0 Å². The maximum atomic E-state index is 6.24. The predicted molar refractivity (Wildman–Crippen MR) is 98.8 cm³/mol. The average Bonchev–Trinajstić information content (AvgIpc) is 2.97. The SMILES string of the molecule is Cc1cc2ncc([C@H](C)N[C@@H]3CCOC4(CCCCC4)C3)c(C)n2n1. The Kier molecular flexibility index (Phi) is 4.54. The minimum absolute atomic E-state index is 0.143. The second-order valence-corrected chi connectivity index (χ2v) is 8.02. The largest absolute Gasteiger partial charge is 0.375 e. The van der Waals surface area contributed by atoms with Crippen LogP contribution in [0.15, 0.2) is 12.3 Å². The van der Waals surface area contributed by atoms with Crippen molar-refractivity contribution in [2.24, 2.45) is 0 Å². The Morgan fingerprint density at radius 3 is 2.88 bits per heavy atom. The van der Waals surface area contributed by atoms with Crippen molar-refractivity contribution in [2.75, 3.05) is 6.61 Å². The first-order valence-electron chi connectivity index (χ1n) is 9.78. The molecule has 4 rings (SSSR count). The van der Waals surface area contributed by atoms with E-state index in [0.29, 0.717) is 6.04 Å². The molecule has 1 spiro atoms. The minimum atomic E-state index is 0.143. The Bertz CT molecular complexity index is 742. The van der Waals surface area contributed by atoms with Gasteiger partial charge in [-0.15, -0.1) is 0 Å². The zero-order valence-electron chi connectivity index (χ0n) is 15.7. The van der Waals surface area contributed by atoms with E-state index in [1.807, 2.05) is 23.7 Å². The highest BCUT2D eigenvalue weighted by Gasteiger charge is 2.38. The van der Waals surface area contributed by atoms with E-state index in [2.05, 4.69) is 29.2 Å². The molecule has 0 bridgehead atoms. The number of aromatic nitrogens is 3. The van der Waals surface area contributed by atoms with Crippen LogP contribution in [0.25, 0.3) is 5.65 Å². The lowest BCUT2D eigenvalue weighted by Crippen LogP contribution is -2.48. The maximum Gasteiger partial charge on any atom is 0.155 e. The third kappa shape index (κ3) is 3.32. The van der Waals surface area contributed by atoms with Gasteiger partial charge in [0.1, 0.15) is 0 Å². The summed E-state index contributed by atoms with van der Waals surface area (Å²) in [7, 11) is 0. The lowest BCUT2D eigenvalue weighted by atomic mass is 9.78. The van der Waals surface area contributed by atoms with Crippen molar-refractivity contribution in [1.82, 2.24) is 19.9 Å². The Labute approximate surface area is 150 Å². The van der Waals surface area contributed by atoms with E-state index in [-0.39, 0.29) is 11.6 Å². The number of nitrogens with zero attached hydrogens (tertiary/aromatic N) is 3. The highest BCUT2D eigenvalue weighted by atomic mass is 16.5. The number of hydrogen-bond acceptors (Lipinski definition) is 4. The summed E-state index contributed by atoms with van der Waals surface area (Å²) in [4.78, 5) is 4.60. The molecule has 2 aromatic heterocycles. The molecule has 1 aliphatic carbocycles. The van der Waals surface area contributed by atoms with Crippen molar-refractivity contribution in [2.45, 2.75) is 83.4 Å². The summed E-state index contributed by atoms with van der Waals surface area (Å²) in [6.07, 6.45) is 10.7. The second kappa shape index (κ2) is 6.69. The van der Waals surface area contributed by atoms with E-state index in [4.69, 9.17) is 4.74 Å². The molecule has 2 atom stereocenters. The van der Waals surface area contributed by atoms with Crippen LogP contribution >= 0.6 is 0 Å². The fraction of sp³-hybridized carbons (Fsp3) is 0.700. The van der Waals surface area contributed by atoms with Gasteiger partial charge in [-0.3, -0.25) is 0 Å². The number of ether oxygens (including phenoxy) is 1. The summed E-state index contributed by atoms with van der Waals surface area (Å²) in [5.41, 5.74) is 4.50. The van der Waals surface area contributed by atoms with Crippen molar-refractivity contribution in [1.29, 1.82) is 0 Å². The number of rotatable bonds is 3. The molecule has 0 aromatic carbocycles. The van der Waals surface area contributed by atoms with Crippen LogP contribution in [0.5, 0.6) is 0 Å². The fourth-order valence-electron chi connectivity index (χ4n) is 4.76. The van der Waals surface area contributed by atoms with E-state index in [9.17, 15) is 0 Å². The monoisotopic (exact) mass is 342 g/mol. The molecule has 2 aromatic rings. The maximum absolute atomic E-state index is 6.24. The van der Waals surface area contributed by atoms with Gasteiger partial charge in [-0.1, -0.05) is 19.3 Å². The van der Waals surface area contributed by atoms with Gasteiger partial charge in [0.15, 0.2) is 5.65 Å². The summed E-state index contributed by atoms with van der Waals surface area (Å²) < 4.78 is 8.21. The van der Waals surface area contributed by atoms with Crippen molar-refractivity contribution < 1.29 is 4.74 Å². The van der Waals surface area contributed by atoms with Crippen LogP contribution in [0.4, 0.5) is 0 Å². The smallest absolute Gasteiger partial charge is 0.155 e. The van der Waals surface area contributed by atoms with Crippen LogP contribution in [0.1, 0.15) is 74.9 Å². The Morgan fingerprint density at radius 1 is 1.28 bits per heavy atom. The van der Waals surface area contributed by atoms with Crippen molar-refractivity contribution in [3.63, 3.8) is 0 Å². The summed E-state index contributed by atoms with van der Waals surface area (Å²) >= 11 is 0. The molecule has 5 nitrogen and oxygen atoms in total. The van der Waals surface area contributed by atoms with Crippen molar-refractivity contribution >= 4 is 5.65 Å². The van der Waals surface area contributed by atoms with Crippen molar-refractivity contribution in [3.05, 3.63) is 29.2 Å². The average molecular weight is 342 g/mol. The number of fused-ring (bicyclic) bond motifs is 1. The van der Waals surface area contributed by atoms with Gasteiger partial charge in [0.25, 0.3) is 0 Å². The normalized spacial score (nSPS) is 24.7. The molecular weight excluding hydrogens is 312 g/mol. The van der Waals surface area contributed by atoms with Gasteiger partial charge in [0, 0.05) is 42.2 Å². The highest BCUT2D eigenvalue weighted by Crippen LogP contribution is 2.39. The van der Waals surface area contributed by atoms with E-state index in [1.165, 1.54) is 43.4 Å². The molecule has 136 valence electrons. The van der Waals surface area contributed by atoms with Gasteiger partial charge >= 0.3 is 0 Å². The molecule has 0 amide bonds. The standard InChI is InChI=1S/C20H30N4O/c1-14-11-19-21-13-18(16(3)24(19)23-14)15(2)22-17-7-10-25-20(12-17)8-5-4-6-9-20/h11,13,15,17,22H,4-10,12H2,1-3H3/t15-,17+/m0/s1. The van der Waals surface area contributed by atoms with E-state index in [1.54, 1.807) is 0 Å². The molecular formula is C20H30N4O. The molecule has 3 heterocycles. The molecule has 1 N–H and O–H groups in total. The number of hydrogen-bond donors (Lipinski definition) is 1. The molecule has 2 fully saturated rings. The lowest BCUT2D eigenvalue weighted by molar-refractivity contribution is -0.110. The third-order valence-electron chi connectivity index (χ3n) is 6.09. The van der Waals surface area contributed by atoms with Crippen LogP contribution in [0.3, 0.4) is 0 Å². The molecule has 25 heavy (non-hydrogen) atoms. The van der Waals surface area contributed by atoms with E-state index in [0.717, 1.165) is 30.8 Å². The molecule has 5 heteroatoms. The number of nitrogens with one attached hydrogen (secondary N) is 1. The van der Waals surface area contributed by atoms with Crippen LogP contribution < -0.4 is 5.32 Å². The molecule has 0 radical (unpaired) electrons. The van der Waals surface area contributed by atoms with E-state index < -0.39 is 0 Å². The minimum Gasteiger partial charge on any atom is -0.375 e. The summed E-state index contributed by atoms with van der Waals surface area (Å²) in [5.74, 6) is 0. The first-order chi connectivity index (χ1) is 12.1. The molecule has 0 unspecified atom stereocenters. The molecule has 1 aliphatic heterocycles. The topological polar surface area (TPSA) is 51.5 Å². The van der Waals surface area contributed by atoms with Crippen LogP contribution in [-0.4, -0.2) is 32.8 Å². The first kappa shape index (κ1) is 17.0. The predicted octanol–water partition coefficient (Wildman–Crippen LogP) is 3.88. The Morgan fingerprint density at radius 2 is 2.08 bits per heavy atom. The Balaban J connectivity index is 1.49. The first-order valence-corrected chi connectivity index (χ1v) is 9.78. The van der Waals surface area contributed by atoms with Gasteiger partial charge in [-0.25, -0.2) is 9.50 Å². The fourth-order valence-corrected chi connectivity index (χ4v) is 4.76. The lowest BCUT2D eigenvalue weighted by Gasteiger charge is -2.44. The number of aryl methyl sites for hydroxylation is 2. The summed E-state index contributed by atoms with van der Waals surface area (Å²) in [6, 6.07) is 2.82. The quantitative estimate of drug-likeness (QED) is 0.920. The Hall–Kier alpha value is -1.46. The van der Waals surface area contributed by atoms with Gasteiger partial charge in [-0.05, 0) is 46.5 Å². The van der Waals surface area contributed by atoms with Crippen molar-refractivity contribution in [3.8, 4) is 0 Å². The molecule has 1 saturated heterocycles. The molecule has 2 aliphatic rings. The van der Waals surface area contributed by atoms with Gasteiger partial charge in [0.05, 0.1) is 11.3 Å². The van der Waals surface area contributed by atoms with E-state index >= 15 is 0 Å².